The van der Waals surface area contributed by atoms with E-state index in [0.717, 1.165) is 5.56 Å². The molecule has 0 fully saturated rings. The maximum Gasteiger partial charge on any atom is 0.221 e. The Bertz CT molecular complexity index is 490. The summed E-state index contributed by atoms with van der Waals surface area (Å²) in [5.74, 6) is 1.07. The largest absolute Gasteiger partial charge is 0.478 e. The molecule has 0 aliphatic carbocycles. The van der Waals surface area contributed by atoms with E-state index >= 15 is 0 Å². The highest BCUT2D eigenvalue weighted by Gasteiger charge is 2.10. The molecular formula is C10H18N4O3S. The van der Waals surface area contributed by atoms with Gasteiger partial charge in [-0.3, -0.25) is 0 Å². The molecule has 0 unspecified atom stereocenters. The second kappa shape index (κ2) is 6.50. The van der Waals surface area contributed by atoms with Crippen LogP contribution in [0.25, 0.3) is 0 Å². The fourth-order valence-corrected chi connectivity index (χ4v) is 1.88. The first kappa shape index (κ1) is 14.7. The first-order valence-corrected chi connectivity index (χ1v) is 7.25. The van der Waals surface area contributed by atoms with Gasteiger partial charge in [0.1, 0.15) is 12.1 Å². The predicted molar refractivity (Wildman–Crippen MR) is 69.3 cm³/mol. The molecule has 1 heterocycles. The summed E-state index contributed by atoms with van der Waals surface area (Å²) in [6, 6.07) is 0. The van der Waals surface area contributed by atoms with Gasteiger partial charge < -0.3 is 10.1 Å². The zero-order chi connectivity index (χ0) is 13.6. The van der Waals surface area contributed by atoms with E-state index in [2.05, 4.69) is 20.0 Å². The van der Waals surface area contributed by atoms with Crippen molar-refractivity contribution >= 4 is 15.8 Å². The summed E-state index contributed by atoms with van der Waals surface area (Å²) in [6.07, 6.45) is 1.38. The number of sulfonamides is 1. The maximum atomic E-state index is 11.2. The number of hydrogen-bond acceptors (Lipinski definition) is 6. The van der Waals surface area contributed by atoms with Crippen LogP contribution in [0.4, 0.5) is 5.82 Å². The van der Waals surface area contributed by atoms with Gasteiger partial charge in [-0.25, -0.2) is 23.1 Å². The number of rotatable bonds is 7. The van der Waals surface area contributed by atoms with E-state index in [-0.39, 0.29) is 12.3 Å². The van der Waals surface area contributed by atoms with Crippen molar-refractivity contribution in [2.45, 2.75) is 13.8 Å². The van der Waals surface area contributed by atoms with Crippen LogP contribution in [0, 0.1) is 6.92 Å². The number of nitrogens with zero attached hydrogens (tertiary/aromatic N) is 2. The van der Waals surface area contributed by atoms with E-state index in [0.29, 0.717) is 18.3 Å². The molecule has 0 radical (unpaired) electrons. The average Bonchev–Trinajstić information content (AvgIpc) is 2.34. The second-order valence-electron chi connectivity index (χ2n) is 3.54. The van der Waals surface area contributed by atoms with Crippen LogP contribution >= 0.6 is 0 Å². The van der Waals surface area contributed by atoms with Crippen molar-refractivity contribution in [2.24, 2.45) is 0 Å². The Morgan fingerprint density at radius 2 is 2.11 bits per heavy atom. The molecule has 0 aliphatic heterocycles. The third-order valence-electron chi connectivity index (χ3n) is 2.29. The molecule has 0 atom stereocenters. The predicted octanol–water partition coefficient (Wildman–Crippen LogP) is 0.145. The summed E-state index contributed by atoms with van der Waals surface area (Å²) in [7, 11) is -1.82. The molecule has 0 aliphatic rings. The third kappa shape index (κ3) is 4.11. The van der Waals surface area contributed by atoms with Crippen molar-refractivity contribution in [1.29, 1.82) is 0 Å². The second-order valence-corrected chi connectivity index (χ2v) is 5.58. The normalized spacial score (nSPS) is 11.3. The molecular weight excluding hydrogens is 256 g/mol. The molecule has 18 heavy (non-hydrogen) atoms. The molecule has 0 spiro atoms. The Balaban J connectivity index is 2.65. The topological polar surface area (TPSA) is 93.2 Å². The fraction of sp³-hybridized carbons (Fsp3) is 0.600. The molecule has 7 nitrogen and oxygen atoms in total. The monoisotopic (exact) mass is 274 g/mol. The number of anilines is 1. The van der Waals surface area contributed by atoms with Crippen LogP contribution in [0.15, 0.2) is 6.33 Å². The van der Waals surface area contributed by atoms with Gasteiger partial charge in [0.25, 0.3) is 0 Å². The molecule has 1 aromatic rings. The first-order valence-electron chi connectivity index (χ1n) is 5.59. The van der Waals surface area contributed by atoms with Gasteiger partial charge in [-0.1, -0.05) is 0 Å². The SMILES string of the molecule is CCOc1ncnc(NCCS(=O)(=O)NC)c1C. The van der Waals surface area contributed by atoms with E-state index in [4.69, 9.17) is 4.74 Å². The minimum atomic E-state index is -3.21. The highest BCUT2D eigenvalue weighted by atomic mass is 32.2. The van der Waals surface area contributed by atoms with E-state index in [9.17, 15) is 8.42 Å². The van der Waals surface area contributed by atoms with Crippen LogP contribution in [0.2, 0.25) is 0 Å². The van der Waals surface area contributed by atoms with Crippen LogP contribution in [-0.2, 0) is 10.0 Å². The van der Waals surface area contributed by atoms with Crippen LogP contribution in [0.5, 0.6) is 5.88 Å². The molecule has 0 amide bonds. The Morgan fingerprint density at radius 3 is 2.72 bits per heavy atom. The van der Waals surface area contributed by atoms with Crippen molar-refractivity contribution in [1.82, 2.24) is 14.7 Å². The lowest BCUT2D eigenvalue weighted by Gasteiger charge is -2.11. The summed E-state index contributed by atoms with van der Waals surface area (Å²) < 4.78 is 30.0. The average molecular weight is 274 g/mol. The van der Waals surface area contributed by atoms with Gasteiger partial charge >= 0.3 is 0 Å². The summed E-state index contributed by atoms with van der Waals surface area (Å²) in [6.45, 7) is 4.48. The Kier molecular flexibility index (Phi) is 5.29. The van der Waals surface area contributed by atoms with Crippen molar-refractivity contribution in [3.05, 3.63) is 11.9 Å². The van der Waals surface area contributed by atoms with Gasteiger partial charge in [0, 0.05) is 6.54 Å². The number of ether oxygens (including phenoxy) is 1. The third-order valence-corrected chi connectivity index (χ3v) is 3.66. The Labute approximate surface area is 107 Å². The zero-order valence-electron chi connectivity index (χ0n) is 10.7. The minimum absolute atomic E-state index is 0.0170. The van der Waals surface area contributed by atoms with Gasteiger partial charge in [0.2, 0.25) is 15.9 Å². The molecule has 1 rings (SSSR count). The Morgan fingerprint density at radius 1 is 1.39 bits per heavy atom. The highest BCUT2D eigenvalue weighted by molar-refractivity contribution is 7.89. The van der Waals surface area contributed by atoms with E-state index in [1.165, 1.54) is 13.4 Å². The summed E-state index contributed by atoms with van der Waals surface area (Å²) in [4.78, 5) is 8.05. The lowest BCUT2D eigenvalue weighted by molar-refractivity contribution is 0.324. The fourth-order valence-electron chi connectivity index (χ4n) is 1.30. The smallest absolute Gasteiger partial charge is 0.221 e. The highest BCUT2D eigenvalue weighted by Crippen LogP contribution is 2.19. The first-order chi connectivity index (χ1) is 8.50. The number of aromatic nitrogens is 2. The van der Waals surface area contributed by atoms with Crippen LogP contribution in [-0.4, -0.2) is 44.3 Å². The molecule has 1 aromatic heterocycles. The summed E-state index contributed by atoms with van der Waals surface area (Å²) >= 11 is 0. The van der Waals surface area contributed by atoms with E-state index in [1.807, 2.05) is 13.8 Å². The van der Waals surface area contributed by atoms with Crippen LogP contribution < -0.4 is 14.8 Å². The molecule has 102 valence electrons. The van der Waals surface area contributed by atoms with Gasteiger partial charge in [0.05, 0.1) is 17.9 Å². The maximum absolute atomic E-state index is 11.2. The van der Waals surface area contributed by atoms with Crippen molar-refractivity contribution in [3.63, 3.8) is 0 Å². The quantitative estimate of drug-likeness (QED) is 0.735. The lowest BCUT2D eigenvalue weighted by atomic mass is 10.3. The Hall–Kier alpha value is -1.41. The van der Waals surface area contributed by atoms with Gasteiger partial charge in [-0.2, -0.15) is 0 Å². The van der Waals surface area contributed by atoms with Crippen molar-refractivity contribution in [2.75, 3.05) is 31.3 Å². The minimum Gasteiger partial charge on any atom is -0.478 e. The lowest BCUT2D eigenvalue weighted by Crippen LogP contribution is -2.26. The molecule has 0 aromatic carbocycles. The molecule has 2 N–H and O–H groups in total. The zero-order valence-corrected chi connectivity index (χ0v) is 11.5. The van der Waals surface area contributed by atoms with Crippen LogP contribution in [0.1, 0.15) is 12.5 Å². The number of nitrogens with one attached hydrogen (secondary N) is 2. The van der Waals surface area contributed by atoms with Gasteiger partial charge in [-0.05, 0) is 20.9 Å². The van der Waals surface area contributed by atoms with Crippen molar-refractivity contribution < 1.29 is 13.2 Å². The molecule has 0 saturated heterocycles. The van der Waals surface area contributed by atoms with Crippen LogP contribution in [0.3, 0.4) is 0 Å². The number of hydrogen-bond donors (Lipinski definition) is 2. The molecule has 0 bridgehead atoms. The van der Waals surface area contributed by atoms with E-state index in [1.54, 1.807) is 0 Å². The van der Waals surface area contributed by atoms with Gasteiger partial charge in [-0.15, -0.1) is 0 Å². The van der Waals surface area contributed by atoms with Crippen molar-refractivity contribution in [3.8, 4) is 5.88 Å². The standard InChI is InChI=1S/C10H18N4O3S/c1-4-17-10-8(2)9(13-7-14-10)12-5-6-18(15,16)11-3/h7,11H,4-6H2,1-3H3,(H,12,13,14). The summed E-state index contributed by atoms with van der Waals surface area (Å²) in [5, 5.41) is 2.95. The van der Waals surface area contributed by atoms with Gasteiger partial charge in [0.15, 0.2) is 0 Å². The molecule has 8 heteroatoms. The summed E-state index contributed by atoms with van der Waals surface area (Å²) in [5.41, 5.74) is 0.765. The van der Waals surface area contributed by atoms with E-state index < -0.39 is 10.0 Å². The molecule has 0 saturated carbocycles.